The Morgan fingerprint density at radius 2 is 2.00 bits per heavy atom. The number of aromatic nitrogens is 1. The summed E-state index contributed by atoms with van der Waals surface area (Å²) in [5.74, 6) is 0.760. The normalized spacial score (nSPS) is 18.0. The van der Waals surface area contributed by atoms with Gasteiger partial charge in [0.25, 0.3) is 0 Å². The molecule has 1 unspecified atom stereocenters. The van der Waals surface area contributed by atoms with Gasteiger partial charge in [-0.15, -0.1) is 11.8 Å². The molecule has 3 nitrogen and oxygen atoms in total. The van der Waals surface area contributed by atoms with E-state index in [2.05, 4.69) is 37.9 Å². The Hall–Kier alpha value is -1.81. The van der Waals surface area contributed by atoms with Crippen LogP contribution in [0.1, 0.15) is 33.2 Å². The molecule has 0 bridgehead atoms. The topological polar surface area (TPSA) is 33.2 Å². The number of rotatable bonds is 3. The van der Waals surface area contributed by atoms with Crippen molar-refractivity contribution in [1.82, 2.24) is 9.88 Å². The minimum atomic E-state index is 0.105. The van der Waals surface area contributed by atoms with Crippen LogP contribution in [0, 0.1) is 20.8 Å². The van der Waals surface area contributed by atoms with Gasteiger partial charge in [-0.1, -0.05) is 23.8 Å². The quantitative estimate of drug-likeness (QED) is 0.865. The molecule has 1 aromatic heterocycles. The fourth-order valence-corrected chi connectivity index (χ4v) is 4.51. The highest BCUT2D eigenvalue weighted by Gasteiger charge is 2.34. The van der Waals surface area contributed by atoms with Crippen molar-refractivity contribution >= 4 is 17.7 Å². The van der Waals surface area contributed by atoms with Crippen LogP contribution < -0.4 is 0 Å². The van der Waals surface area contributed by atoms with Crippen molar-refractivity contribution in [3.8, 4) is 0 Å². The lowest BCUT2D eigenvalue weighted by Gasteiger charge is -2.27. The van der Waals surface area contributed by atoms with Crippen LogP contribution in [0.15, 0.2) is 36.7 Å². The zero-order chi connectivity index (χ0) is 15.7. The third kappa shape index (κ3) is 2.88. The SMILES string of the molecule is Cc1cc(C)c(C2SCC(=O)N2Cc2cccnc2)c(C)c1. The first kappa shape index (κ1) is 15.1. The van der Waals surface area contributed by atoms with Gasteiger partial charge in [-0.25, -0.2) is 0 Å². The Labute approximate surface area is 135 Å². The van der Waals surface area contributed by atoms with Crippen LogP contribution in [0.25, 0.3) is 0 Å². The van der Waals surface area contributed by atoms with Gasteiger partial charge in [0.1, 0.15) is 5.37 Å². The van der Waals surface area contributed by atoms with E-state index in [4.69, 9.17) is 0 Å². The van der Waals surface area contributed by atoms with Crippen LogP contribution in [0.3, 0.4) is 0 Å². The Balaban J connectivity index is 1.94. The van der Waals surface area contributed by atoms with Crippen molar-refractivity contribution in [3.05, 3.63) is 64.5 Å². The Morgan fingerprint density at radius 3 is 2.64 bits per heavy atom. The number of benzene rings is 1. The number of nitrogens with zero attached hydrogens (tertiary/aromatic N) is 2. The largest absolute Gasteiger partial charge is 0.321 e. The smallest absolute Gasteiger partial charge is 0.234 e. The standard InChI is InChI=1S/C18H20N2OS/c1-12-7-13(2)17(14(3)8-12)18-20(16(21)11-22-18)10-15-5-4-6-19-9-15/h4-9,18H,10-11H2,1-3H3. The number of amides is 1. The lowest BCUT2D eigenvalue weighted by Crippen LogP contribution is -2.28. The van der Waals surface area contributed by atoms with Crippen LogP contribution in [0.4, 0.5) is 0 Å². The number of aryl methyl sites for hydroxylation is 3. The molecule has 1 aliphatic heterocycles. The first-order valence-corrected chi connectivity index (χ1v) is 8.49. The van der Waals surface area contributed by atoms with Crippen molar-refractivity contribution in [2.45, 2.75) is 32.7 Å². The average Bonchev–Trinajstić information content (AvgIpc) is 2.81. The molecule has 0 aliphatic carbocycles. The second-order valence-corrected chi connectivity index (χ2v) is 6.93. The summed E-state index contributed by atoms with van der Waals surface area (Å²) >= 11 is 1.72. The van der Waals surface area contributed by atoms with Gasteiger partial charge in [0.05, 0.1) is 5.75 Å². The Bertz CT molecular complexity index is 676. The van der Waals surface area contributed by atoms with Gasteiger partial charge in [-0.3, -0.25) is 9.78 Å². The molecule has 0 saturated carbocycles. The van der Waals surface area contributed by atoms with E-state index in [9.17, 15) is 4.79 Å². The zero-order valence-corrected chi connectivity index (χ0v) is 14.0. The van der Waals surface area contributed by atoms with E-state index in [0.29, 0.717) is 12.3 Å². The molecule has 22 heavy (non-hydrogen) atoms. The third-order valence-electron chi connectivity index (χ3n) is 4.03. The molecule has 1 fully saturated rings. The predicted molar refractivity (Wildman–Crippen MR) is 90.6 cm³/mol. The van der Waals surface area contributed by atoms with Crippen LogP contribution in [0.5, 0.6) is 0 Å². The highest BCUT2D eigenvalue weighted by Crippen LogP contribution is 2.42. The molecule has 1 aliphatic rings. The minimum absolute atomic E-state index is 0.105. The molecule has 2 heterocycles. The molecule has 0 N–H and O–H groups in total. The van der Waals surface area contributed by atoms with Gasteiger partial charge in [0.15, 0.2) is 0 Å². The fourth-order valence-electron chi connectivity index (χ4n) is 3.13. The number of pyridine rings is 1. The monoisotopic (exact) mass is 312 g/mol. The summed E-state index contributed by atoms with van der Waals surface area (Å²) in [5.41, 5.74) is 6.16. The number of thioether (sulfide) groups is 1. The van der Waals surface area contributed by atoms with Crippen molar-refractivity contribution in [2.24, 2.45) is 0 Å². The average molecular weight is 312 g/mol. The third-order valence-corrected chi connectivity index (χ3v) is 5.25. The highest BCUT2D eigenvalue weighted by molar-refractivity contribution is 8.00. The van der Waals surface area contributed by atoms with Gasteiger partial charge in [0, 0.05) is 18.9 Å². The van der Waals surface area contributed by atoms with E-state index in [1.54, 1.807) is 18.0 Å². The number of carbonyl (C=O) groups excluding carboxylic acids is 1. The van der Waals surface area contributed by atoms with E-state index >= 15 is 0 Å². The van der Waals surface area contributed by atoms with Gasteiger partial charge >= 0.3 is 0 Å². The van der Waals surface area contributed by atoms with Crippen LogP contribution in [0.2, 0.25) is 0 Å². The molecule has 1 saturated heterocycles. The maximum absolute atomic E-state index is 12.3. The Morgan fingerprint density at radius 1 is 1.27 bits per heavy atom. The van der Waals surface area contributed by atoms with Crippen molar-refractivity contribution in [3.63, 3.8) is 0 Å². The van der Waals surface area contributed by atoms with Crippen LogP contribution in [-0.2, 0) is 11.3 Å². The van der Waals surface area contributed by atoms with E-state index in [-0.39, 0.29) is 11.3 Å². The van der Waals surface area contributed by atoms with Crippen molar-refractivity contribution in [1.29, 1.82) is 0 Å². The molecule has 2 aromatic rings. The number of hydrogen-bond donors (Lipinski definition) is 0. The lowest BCUT2D eigenvalue weighted by atomic mass is 9.99. The van der Waals surface area contributed by atoms with Crippen LogP contribution in [-0.4, -0.2) is 21.5 Å². The van der Waals surface area contributed by atoms with Crippen molar-refractivity contribution < 1.29 is 4.79 Å². The molecule has 0 radical (unpaired) electrons. The van der Waals surface area contributed by atoms with Gasteiger partial charge in [-0.2, -0.15) is 0 Å². The summed E-state index contributed by atoms with van der Waals surface area (Å²) < 4.78 is 0. The van der Waals surface area contributed by atoms with E-state index in [1.165, 1.54) is 22.3 Å². The zero-order valence-electron chi connectivity index (χ0n) is 13.2. The van der Waals surface area contributed by atoms with Crippen LogP contribution >= 0.6 is 11.8 Å². The second-order valence-electron chi connectivity index (χ2n) is 5.86. The number of hydrogen-bond acceptors (Lipinski definition) is 3. The number of carbonyl (C=O) groups is 1. The molecule has 4 heteroatoms. The molecule has 1 aromatic carbocycles. The molecule has 114 valence electrons. The van der Waals surface area contributed by atoms with E-state index in [1.807, 2.05) is 23.2 Å². The summed E-state index contributed by atoms with van der Waals surface area (Å²) in [6.45, 7) is 7.02. The summed E-state index contributed by atoms with van der Waals surface area (Å²) in [6, 6.07) is 8.34. The Kier molecular flexibility index (Phi) is 4.21. The minimum Gasteiger partial charge on any atom is -0.321 e. The summed E-state index contributed by atoms with van der Waals surface area (Å²) in [7, 11) is 0. The highest BCUT2D eigenvalue weighted by atomic mass is 32.2. The van der Waals surface area contributed by atoms with Gasteiger partial charge in [0.2, 0.25) is 5.91 Å². The molecule has 0 spiro atoms. The summed E-state index contributed by atoms with van der Waals surface area (Å²) in [6.07, 6.45) is 3.60. The maximum Gasteiger partial charge on any atom is 0.234 e. The molecule has 1 amide bonds. The first-order valence-electron chi connectivity index (χ1n) is 7.44. The molecule has 1 atom stereocenters. The summed E-state index contributed by atoms with van der Waals surface area (Å²) in [4.78, 5) is 18.5. The lowest BCUT2D eigenvalue weighted by molar-refractivity contribution is -0.128. The van der Waals surface area contributed by atoms with Crippen molar-refractivity contribution in [2.75, 3.05) is 5.75 Å². The molecular formula is C18H20N2OS. The van der Waals surface area contributed by atoms with Gasteiger partial charge < -0.3 is 4.90 Å². The molecule has 3 rings (SSSR count). The van der Waals surface area contributed by atoms with E-state index < -0.39 is 0 Å². The predicted octanol–water partition coefficient (Wildman–Crippen LogP) is 3.78. The second kappa shape index (κ2) is 6.13. The van der Waals surface area contributed by atoms with E-state index in [0.717, 1.165) is 5.56 Å². The fraction of sp³-hybridized carbons (Fsp3) is 0.333. The first-order chi connectivity index (χ1) is 10.6. The maximum atomic E-state index is 12.3. The molecular weight excluding hydrogens is 292 g/mol. The summed E-state index contributed by atoms with van der Waals surface area (Å²) in [5, 5.41) is 0.105. The van der Waals surface area contributed by atoms with Gasteiger partial charge in [-0.05, 0) is 49.1 Å².